The molecule has 25 heavy (non-hydrogen) atoms. The Balaban J connectivity index is 1.82. The Morgan fingerprint density at radius 3 is 2.36 bits per heavy atom. The van der Waals surface area contributed by atoms with Gasteiger partial charge in [0.25, 0.3) is 0 Å². The van der Waals surface area contributed by atoms with Gasteiger partial charge in [-0.05, 0) is 30.1 Å². The molecule has 0 atom stereocenters. The highest BCUT2D eigenvalue weighted by atomic mass is 16.4. The van der Waals surface area contributed by atoms with Gasteiger partial charge in [-0.15, -0.1) is 0 Å². The topological polar surface area (TPSA) is 69.1 Å². The Morgan fingerprint density at radius 2 is 1.64 bits per heavy atom. The monoisotopic (exact) mass is 328 g/mol. The first-order valence-corrected chi connectivity index (χ1v) is 8.14. The molecule has 3 N–H and O–H groups in total. The average molecular weight is 328 g/mol. The van der Waals surface area contributed by atoms with E-state index in [1.54, 1.807) is 12.1 Å². The zero-order valence-electron chi connectivity index (χ0n) is 13.8. The van der Waals surface area contributed by atoms with Crippen LogP contribution in [0.1, 0.15) is 5.56 Å². The Kier molecular flexibility index (Phi) is 3.88. The lowest BCUT2D eigenvalue weighted by atomic mass is 9.80. The standard InChI is InChI=1S/C20H17BN2O2/c1-13-4-2-5-15(12-13)20-22-18-7-3-6-17(19(18)23-20)14-8-10-16(11-9-14)21(24)25/h2-12,24-25H,1H3,(H,22,23). The summed E-state index contributed by atoms with van der Waals surface area (Å²) in [6.45, 7) is 2.06. The molecule has 4 nitrogen and oxygen atoms in total. The first-order valence-electron chi connectivity index (χ1n) is 8.14. The van der Waals surface area contributed by atoms with Gasteiger partial charge < -0.3 is 15.0 Å². The molecular weight excluding hydrogens is 311 g/mol. The second-order valence-electron chi connectivity index (χ2n) is 6.15. The Labute approximate surface area is 146 Å². The number of aryl methyl sites for hydroxylation is 1. The number of para-hydroxylation sites is 1. The molecule has 0 aliphatic rings. The van der Waals surface area contributed by atoms with E-state index in [1.165, 1.54) is 5.56 Å². The third kappa shape index (κ3) is 2.95. The largest absolute Gasteiger partial charge is 0.488 e. The molecule has 0 saturated carbocycles. The number of hydrogen-bond acceptors (Lipinski definition) is 3. The molecule has 0 spiro atoms. The first-order chi connectivity index (χ1) is 12.1. The minimum Gasteiger partial charge on any atom is -0.423 e. The first kappa shape index (κ1) is 15.6. The van der Waals surface area contributed by atoms with Crippen molar-refractivity contribution in [2.45, 2.75) is 6.92 Å². The molecule has 0 radical (unpaired) electrons. The molecule has 5 heteroatoms. The van der Waals surface area contributed by atoms with E-state index in [-0.39, 0.29) is 0 Å². The summed E-state index contributed by atoms with van der Waals surface area (Å²) in [5, 5.41) is 18.5. The number of benzene rings is 3. The van der Waals surface area contributed by atoms with E-state index in [2.05, 4.69) is 24.0 Å². The van der Waals surface area contributed by atoms with Crippen molar-refractivity contribution in [3.05, 3.63) is 72.3 Å². The highest BCUT2D eigenvalue weighted by Gasteiger charge is 2.13. The van der Waals surface area contributed by atoms with E-state index >= 15 is 0 Å². The van der Waals surface area contributed by atoms with Gasteiger partial charge in [-0.3, -0.25) is 0 Å². The van der Waals surface area contributed by atoms with Gasteiger partial charge in [0, 0.05) is 11.1 Å². The van der Waals surface area contributed by atoms with Crippen LogP contribution in [0, 0.1) is 6.92 Å². The molecule has 0 aliphatic carbocycles. The lowest BCUT2D eigenvalue weighted by Gasteiger charge is -2.04. The maximum Gasteiger partial charge on any atom is 0.488 e. The highest BCUT2D eigenvalue weighted by molar-refractivity contribution is 6.58. The zero-order valence-corrected chi connectivity index (χ0v) is 13.8. The van der Waals surface area contributed by atoms with Gasteiger partial charge in [0.15, 0.2) is 0 Å². The van der Waals surface area contributed by atoms with Crippen LogP contribution in [0.4, 0.5) is 0 Å². The molecule has 3 aromatic carbocycles. The van der Waals surface area contributed by atoms with Gasteiger partial charge >= 0.3 is 7.12 Å². The second kappa shape index (κ2) is 6.20. The predicted octanol–water partition coefficient (Wildman–Crippen LogP) is 2.89. The molecule has 1 aromatic heterocycles. The summed E-state index contributed by atoms with van der Waals surface area (Å²) in [5.41, 5.74) is 6.58. The van der Waals surface area contributed by atoms with Crippen molar-refractivity contribution in [3.8, 4) is 22.5 Å². The predicted molar refractivity (Wildman–Crippen MR) is 102 cm³/mol. The van der Waals surface area contributed by atoms with E-state index in [9.17, 15) is 10.0 Å². The summed E-state index contributed by atoms with van der Waals surface area (Å²) < 4.78 is 0. The summed E-state index contributed by atoms with van der Waals surface area (Å²) in [6.07, 6.45) is 0. The summed E-state index contributed by atoms with van der Waals surface area (Å²) in [4.78, 5) is 8.19. The van der Waals surface area contributed by atoms with Crippen LogP contribution in [-0.4, -0.2) is 27.1 Å². The van der Waals surface area contributed by atoms with E-state index in [1.807, 2.05) is 42.5 Å². The summed E-state index contributed by atoms with van der Waals surface area (Å²) in [5.74, 6) is 0.841. The van der Waals surface area contributed by atoms with Crippen molar-refractivity contribution in [1.29, 1.82) is 0 Å². The fraction of sp³-hybridized carbons (Fsp3) is 0.0500. The smallest absolute Gasteiger partial charge is 0.423 e. The minimum absolute atomic E-state index is 0.471. The zero-order chi connectivity index (χ0) is 17.4. The van der Waals surface area contributed by atoms with Crippen molar-refractivity contribution in [2.24, 2.45) is 0 Å². The number of H-pyrrole nitrogens is 1. The number of rotatable bonds is 3. The Morgan fingerprint density at radius 1 is 0.880 bits per heavy atom. The van der Waals surface area contributed by atoms with Crippen molar-refractivity contribution >= 4 is 23.6 Å². The van der Waals surface area contributed by atoms with Crippen LogP contribution in [0.3, 0.4) is 0 Å². The van der Waals surface area contributed by atoms with Crippen LogP contribution >= 0.6 is 0 Å². The molecule has 0 unspecified atom stereocenters. The average Bonchev–Trinajstić information content (AvgIpc) is 3.06. The van der Waals surface area contributed by atoms with E-state index in [4.69, 9.17) is 4.98 Å². The number of imidazole rings is 1. The number of nitrogens with one attached hydrogen (secondary N) is 1. The van der Waals surface area contributed by atoms with Crippen molar-refractivity contribution in [1.82, 2.24) is 9.97 Å². The molecule has 4 aromatic rings. The summed E-state index contributed by atoms with van der Waals surface area (Å²) in [6, 6.07) is 21.5. The van der Waals surface area contributed by atoms with Crippen LogP contribution in [0.5, 0.6) is 0 Å². The molecular formula is C20H17BN2O2. The molecule has 0 bridgehead atoms. The van der Waals surface area contributed by atoms with E-state index < -0.39 is 7.12 Å². The minimum atomic E-state index is -1.46. The van der Waals surface area contributed by atoms with Crippen LogP contribution in [0.25, 0.3) is 33.5 Å². The number of nitrogens with zero attached hydrogens (tertiary/aromatic N) is 1. The van der Waals surface area contributed by atoms with E-state index in [0.717, 1.165) is 33.5 Å². The molecule has 0 fully saturated rings. The van der Waals surface area contributed by atoms with Crippen molar-refractivity contribution in [2.75, 3.05) is 0 Å². The highest BCUT2D eigenvalue weighted by Crippen LogP contribution is 2.29. The van der Waals surface area contributed by atoms with Gasteiger partial charge in [0.05, 0.1) is 11.0 Å². The van der Waals surface area contributed by atoms with Gasteiger partial charge in [0.2, 0.25) is 0 Å². The SMILES string of the molecule is Cc1cccc(-c2nc3c(-c4ccc(B(O)O)cc4)cccc3[nH]2)c1. The van der Waals surface area contributed by atoms with Gasteiger partial charge in [0.1, 0.15) is 5.82 Å². The van der Waals surface area contributed by atoms with Crippen molar-refractivity contribution < 1.29 is 10.0 Å². The van der Waals surface area contributed by atoms with Crippen LogP contribution in [0.15, 0.2) is 66.7 Å². The summed E-state index contributed by atoms with van der Waals surface area (Å²) in [7, 11) is -1.46. The lowest BCUT2D eigenvalue weighted by Crippen LogP contribution is -2.29. The number of aromatic nitrogens is 2. The fourth-order valence-electron chi connectivity index (χ4n) is 3.03. The van der Waals surface area contributed by atoms with Crippen LogP contribution in [-0.2, 0) is 0 Å². The molecule has 0 amide bonds. The summed E-state index contributed by atoms with van der Waals surface area (Å²) >= 11 is 0. The molecule has 122 valence electrons. The molecule has 1 heterocycles. The fourth-order valence-corrected chi connectivity index (χ4v) is 3.03. The number of hydrogen-bond donors (Lipinski definition) is 3. The van der Waals surface area contributed by atoms with E-state index in [0.29, 0.717) is 5.46 Å². The molecule has 0 saturated heterocycles. The molecule has 0 aliphatic heterocycles. The van der Waals surface area contributed by atoms with Crippen molar-refractivity contribution in [3.63, 3.8) is 0 Å². The quantitative estimate of drug-likeness (QED) is 0.507. The second-order valence-corrected chi connectivity index (χ2v) is 6.15. The van der Waals surface area contributed by atoms with Crippen LogP contribution < -0.4 is 5.46 Å². The maximum atomic E-state index is 9.25. The maximum absolute atomic E-state index is 9.25. The molecule has 4 rings (SSSR count). The van der Waals surface area contributed by atoms with Gasteiger partial charge in [-0.25, -0.2) is 4.98 Å². The van der Waals surface area contributed by atoms with Crippen LogP contribution in [0.2, 0.25) is 0 Å². The number of fused-ring (bicyclic) bond motifs is 1. The van der Waals surface area contributed by atoms with Gasteiger partial charge in [-0.1, -0.05) is 60.2 Å². The lowest BCUT2D eigenvalue weighted by molar-refractivity contribution is 0.426. The number of aromatic amines is 1. The van der Waals surface area contributed by atoms with Gasteiger partial charge in [-0.2, -0.15) is 0 Å². The Bertz CT molecular complexity index is 1040. The third-order valence-electron chi connectivity index (χ3n) is 4.32. The normalized spacial score (nSPS) is 11.0. The Hall–Kier alpha value is -2.89. The third-order valence-corrected chi connectivity index (χ3v) is 4.32.